The van der Waals surface area contributed by atoms with Crippen molar-refractivity contribution in [2.45, 2.75) is 77.4 Å². The molecule has 2 saturated carbocycles. The van der Waals surface area contributed by atoms with E-state index in [9.17, 15) is 9.90 Å². The summed E-state index contributed by atoms with van der Waals surface area (Å²) in [6.07, 6.45) is 4.18. The SMILES string of the molecule is CC12COC(Cc3ccccc3)OC1CCC1(C)C(CC(=O)NCc3ccccc3)C(O)CCC21. The fourth-order valence-electron chi connectivity index (χ4n) is 7.27. The third-order valence-corrected chi connectivity index (χ3v) is 9.21. The molecule has 5 heteroatoms. The standard InChI is InChI=1S/C30H39NO4/c1-29-16-15-26-30(2,20-34-28(35-26)17-21-9-5-3-6-10-21)25(29)14-13-24(32)23(29)18-27(33)31-19-22-11-7-4-8-12-22/h3-12,23-26,28,32H,13-20H2,1-2H3,(H,31,33). The van der Waals surface area contributed by atoms with Gasteiger partial charge in [-0.05, 0) is 54.1 Å². The second-order valence-electron chi connectivity index (χ2n) is 11.4. The molecule has 1 amide bonds. The maximum atomic E-state index is 13.0. The summed E-state index contributed by atoms with van der Waals surface area (Å²) in [5, 5.41) is 14.1. The highest BCUT2D eigenvalue weighted by Crippen LogP contribution is 2.62. The molecule has 2 aromatic rings. The van der Waals surface area contributed by atoms with Crippen molar-refractivity contribution in [3.05, 3.63) is 71.8 Å². The molecule has 1 aliphatic heterocycles. The second-order valence-corrected chi connectivity index (χ2v) is 11.4. The Morgan fingerprint density at radius 2 is 1.66 bits per heavy atom. The van der Waals surface area contributed by atoms with E-state index in [-0.39, 0.29) is 35.0 Å². The van der Waals surface area contributed by atoms with Gasteiger partial charge in [-0.1, -0.05) is 74.5 Å². The molecular weight excluding hydrogens is 438 g/mol. The van der Waals surface area contributed by atoms with Crippen molar-refractivity contribution in [1.82, 2.24) is 5.32 Å². The Hall–Kier alpha value is -2.21. The minimum Gasteiger partial charge on any atom is -0.393 e. The zero-order valence-corrected chi connectivity index (χ0v) is 21.0. The van der Waals surface area contributed by atoms with Gasteiger partial charge in [0, 0.05) is 24.8 Å². The molecule has 35 heavy (non-hydrogen) atoms. The molecule has 188 valence electrons. The molecule has 0 spiro atoms. The summed E-state index contributed by atoms with van der Waals surface area (Å²) >= 11 is 0. The van der Waals surface area contributed by atoms with Gasteiger partial charge in [-0.25, -0.2) is 0 Å². The number of amides is 1. The first kappa shape index (κ1) is 24.5. The lowest BCUT2D eigenvalue weighted by molar-refractivity contribution is -0.308. The van der Waals surface area contributed by atoms with E-state index in [1.165, 1.54) is 5.56 Å². The molecule has 3 aliphatic rings. The number of aliphatic hydroxyl groups is 1. The highest BCUT2D eigenvalue weighted by atomic mass is 16.7. The summed E-state index contributed by atoms with van der Waals surface area (Å²) in [5.41, 5.74) is 2.08. The normalized spacial score (nSPS) is 36.6. The number of rotatable bonds is 6. The van der Waals surface area contributed by atoms with Gasteiger partial charge in [-0.2, -0.15) is 0 Å². The third-order valence-electron chi connectivity index (χ3n) is 9.21. The summed E-state index contributed by atoms with van der Waals surface area (Å²) < 4.78 is 12.9. The van der Waals surface area contributed by atoms with Gasteiger partial charge in [-0.3, -0.25) is 4.79 Å². The topological polar surface area (TPSA) is 67.8 Å². The number of nitrogens with one attached hydrogen (secondary N) is 1. The van der Waals surface area contributed by atoms with E-state index in [1.807, 2.05) is 36.4 Å². The lowest BCUT2D eigenvalue weighted by atomic mass is 9.46. The molecule has 2 aliphatic carbocycles. The van der Waals surface area contributed by atoms with Crippen LogP contribution >= 0.6 is 0 Å². The predicted molar refractivity (Wildman–Crippen MR) is 135 cm³/mol. The number of carbonyl (C=O) groups excluding carboxylic acids is 1. The second kappa shape index (κ2) is 10.0. The van der Waals surface area contributed by atoms with Crippen molar-refractivity contribution in [3.63, 3.8) is 0 Å². The molecular formula is C30H39NO4. The maximum Gasteiger partial charge on any atom is 0.220 e. The zero-order valence-electron chi connectivity index (χ0n) is 21.0. The maximum absolute atomic E-state index is 13.0. The Labute approximate surface area is 209 Å². The van der Waals surface area contributed by atoms with Gasteiger partial charge in [0.05, 0.1) is 18.8 Å². The summed E-state index contributed by atoms with van der Waals surface area (Å²) in [5.74, 6) is 0.310. The van der Waals surface area contributed by atoms with Crippen molar-refractivity contribution < 1.29 is 19.4 Å². The summed E-state index contributed by atoms with van der Waals surface area (Å²) in [6, 6.07) is 20.3. The van der Waals surface area contributed by atoms with Crippen LogP contribution in [0.1, 0.15) is 57.1 Å². The van der Waals surface area contributed by atoms with Gasteiger partial charge >= 0.3 is 0 Å². The van der Waals surface area contributed by atoms with E-state index in [4.69, 9.17) is 9.47 Å². The Morgan fingerprint density at radius 3 is 2.37 bits per heavy atom. The average molecular weight is 478 g/mol. The Kier molecular flexibility index (Phi) is 7.02. The molecule has 0 radical (unpaired) electrons. The fraction of sp³-hybridized carbons (Fsp3) is 0.567. The van der Waals surface area contributed by atoms with Gasteiger partial charge < -0.3 is 19.9 Å². The van der Waals surface area contributed by atoms with Crippen molar-refractivity contribution in [3.8, 4) is 0 Å². The third kappa shape index (κ3) is 4.91. The van der Waals surface area contributed by atoms with Gasteiger partial charge in [0.15, 0.2) is 6.29 Å². The largest absolute Gasteiger partial charge is 0.393 e. The first-order valence-corrected chi connectivity index (χ1v) is 13.2. The minimum atomic E-state index is -0.449. The Bertz CT molecular complexity index is 998. The molecule has 7 atom stereocenters. The van der Waals surface area contributed by atoms with Crippen molar-refractivity contribution >= 4 is 5.91 Å². The van der Waals surface area contributed by atoms with Crippen LogP contribution in [-0.2, 0) is 27.2 Å². The van der Waals surface area contributed by atoms with Gasteiger partial charge in [0.2, 0.25) is 5.91 Å². The lowest BCUT2D eigenvalue weighted by Crippen LogP contribution is -2.63. The van der Waals surface area contributed by atoms with Crippen LogP contribution in [0, 0.1) is 22.7 Å². The first-order valence-electron chi connectivity index (χ1n) is 13.2. The summed E-state index contributed by atoms with van der Waals surface area (Å²) in [6.45, 7) is 5.79. The van der Waals surface area contributed by atoms with Crippen LogP contribution in [-0.4, -0.2) is 36.1 Å². The molecule has 2 aromatic carbocycles. The number of hydrogen-bond acceptors (Lipinski definition) is 4. The van der Waals surface area contributed by atoms with Crippen LogP contribution in [0.15, 0.2) is 60.7 Å². The highest BCUT2D eigenvalue weighted by Gasteiger charge is 2.61. The van der Waals surface area contributed by atoms with Crippen molar-refractivity contribution in [2.75, 3.05) is 6.61 Å². The predicted octanol–water partition coefficient (Wildman–Crippen LogP) is 4.87. The molecule has 7 unspecified atom stereocenters. The molecule has 5 nitrogen and oxygen atoms in total. The number of ether oxygens (including phenoxy) is 2. The zero-order chi connectivity index (χ0) is 24.5. The molecule has 3 fully saturated rings. The Balaban J connectivity index is 1.26. The highest BCUT2D eigenvalue weighted by molar-refractivity contribution is 5.76. The van der Waals surface area contributed by atoms with Crippen LogP contribution in [0.25, 0.3) is 0 Å². The number of aliphatic hydroxyl groups excluding tert-OH is 1. The van der Waals surface area contributed by atoms with E-state index < -0.39 is 6.10 Å². The fourth-order valence-corrected chi connectivity index (χ4v) is 7.27. The van der Waals surface area contributed by atoms with Crippen LogP contribution in [0.5, 0.6) is 0 Å². The minimum absolute atomic E-state index is 0.0196. The summed E-state index contributed by atoms with van der Waals surface area (Å²) in [4.78, 5) is 13.0. The van der Waals surface area contributed by atoms with E-state index in [2.05, 4.69) is 43.4 Å². The number of fused-ring (bicyclic) bond motifs is 3. The van der Waals surface area contributed by atoms with E-state index in [0.717, 1.165) is 37.7 Å². The first-order chi connectivity index (χ1) is 16.9. The van der Waals surface area contributed by atoms with Crippen LogP contribution in [0.4, 0.5) is 0 Å². The molecule has 0 aromatic heterocycles. The van der Waals surface area contributed by atoms with Crippen molar-refractivity contribution in [1.29, 1.82) is 0 Å². The molecule has 2 N–H and O–H groups in total. The number of benzene rings is 2. The van der Waals surface area contributed by atoms with Gasteiger partial charge in [-0.15, -0.1) is 0 Å². The van der Waals surface area contributed by atoms with Crippen LogP contribution in [0.3, 0.4) is 0 Å². The van der Waals surface area contributed by atoms with E-state index >= 15 is 0 Å². The smallest absolute Gasteiger partial charge is 0.220 e. The van der Waals surface area contributed by atoms with E-state index in [0.29, 0.717) is 25.5 Å². The summed E-state index contributed by atoms with van der Waals surface area (Å²) in [7, 11) is 0. The monoisotopic (exact) mass is 477 g/mol. The molecule has 0 bridgehead atoms. The Morgan fingerprint density at radius 1 is 0.971 bits per heavy atom. The van der Waals surface area contributed by atoms with Crippen LogP contribution < -0.4 is 5.32 Å². The molecule has 5 rings (SSSR count). The molecule has 1 heterocycles. The van der Waals surface area contributed by atoms with Crippen molar-refractivity contribution in [2.24, 2.45) is 22.7 Å². The quantitative estimate of drug-likeness (QED) is 0.623. The van der Waals surface area contributed by atoms with Gasteiger partial charge in [0.25, 0.3) is 0 Å². The van der Waals surface area contributed by atoms with Crippen LogP contribution in [0.2, 0.25) is 0 Å². The van der Waals surface area contributed by atoms with Gasteiger partial charge in [0.1, 0.15) is 0 Å². The average Bonchev–Trinajstić information content (AvgIpc) is 2.86. The lowest BCUT2D eigenvalue weighted by Gasteiger charge is -2.63. The number of hydrogen-bond donors (Lipinski definition) is 2. The number of carbonyl (C=O) groups is 1. The van der Waals surface area contributed by atoms with E-state index in [1.54, 1.807) is 0 Å². The molecule has 1 saturated heterocycles.